The van der Waals surface area contributed by atoms with Gasteiger partial charge in [-0.15, -0.1) is 0 Å². The fraction of sp³-hybridized carbons (Fsp3) is 0.644. The molecule has 282 valence electrons. The molecule has 1 heteroatoms. The summed E-state index contributed by atoms with van der Waals surface area (Å²) in [5, 5.41) is 0. The van der Waals surface area contributed by atoms with Gasteiger partial charge in [0, 0.05) is 0 Å². The molecule has 46 heavy (non-hydrogen) atoms. The predicted molar refractivity (Wildman–Crippen MR) is 224 cm³/mol. The topological polar surface area (TPSA) is 0 Å². The number of hydrogen-bond acceptors (Lipinski definition) is 0. The van der Waals surface area contributed by atoms with Gasteiger partial charge in [0.2, 0.25) is 0 Å². The zero-order valence-corrected chi connectivity index (χ0v) is 33.6. The summed E-state index contributed by atoms with van der Waals surface area (Å²) >= 11 is 0. The third-order valence-electron chi connectivity index (χ3n) is 6.04. The van der Waals surface area contributed by atoms with Gasteiger partial charge in [-0.1, -0.05) is 180 Å². The summed E-state index contributed by atoms with van der Waals surface area (Å²) in [6.07, 6.45) is 17.8. The smallest absolute Gasteiger partial charge is 0.334 e. The van der Waals surface area contributed by atoms with Gasteiger partial charge in [0.1, 0.15) is 0 Å². The molecule has 0 N–H and O–H groups in total. The average Bonchev–Trinajstić information content (AvgIpc) is 3.07. The molecule has 0 fully saturated rings. The van der Waals surface area contributed by atoms with Crippen LogP contribution in [-0.2, 0) is 27.5 Å². The first-order valence-corrected chi connectivity index (χ1v) is 17.5. The van der Waals surface area contributed by atoms with Gasteiger partial charge in [0.25, 0.3) is 0 Å². The van der Waals surface area contributed by atoms with Gasteiger partial charge in [-0.05, 0) is 35.6 Å². The summed E-state index contributed by atoms with van der Waals surface area (Å²) in [7, 11) is 0. The van der Waals surface area contributed by atoms with Crippen molar-refractivity contribution in [1.82, 2.24) is 0 Å². The Morgan fingerprint density at radius 1 is 0.500 bits per heavy atom. The number of unbranched alkanes of at least 4 members (excludes halogenated alkanes) is 3. The fourth-order valence-electron chi connectivity index (χ4n) is 4.39. The molecular weight excluding hydrogens is 736 g/mol. The molecule has 0 aliphatic heterocycles. The molecule has 0 saturated carbocycles. The van der Waals surface area contributed by atoms with Gasteiger partial charge in [-0.2, -0.15) is 39.5 Å². The molecule has 2 aromatic carbocycles. The molecule has 0 heterocycles. The largest absolute Gasteiger partial charge is 4.00 e. The van der Waals surface area contributed by atoms with Crippen molar-refractivity contribution in [2.75, 3.05) is 0 Å². The standard InChI is InChI=1S/C29H40.6C2H6.4CH4.Pt/c1-5-8-9-10-19-27(29-23-14-12-18-25(29)7-3)21-15-20-26(16-6-2)28-22-13-11-17-24(28)4;6*1-2;;;;;/h5-6,10-15,17-18,22-23,26-27H,7-9,16,19-21H2,1-4H3;6*1-2H3;4*1H4;/q-4;;;;;;;;;;;+4. The van der Waals surface area contributed by atoms with Crippen molar-refractivity contribution in [3.8, 4) is 0 Å². The molecule has 0 spiro atoms. The normalized spacial score (nSPS) is 9.22. The molecule has 0 nitrogen and oxygen atoms in total. The third-order valence-corrected chi connectivity index (χ3v) is 6.04. The third kappa shape index (κ3) is 36.0. The van der Waals surface area contributed by atoms with Crippen molar-refractivity contribution in [1.29, 1.82) is 0 Å². The van der Waals surface area contributed by atoms with E-state index in [4.69, 9.17) is 0 Å². The second kappa shape index (κ2) is 62.9. The summed E-state index contributed by atoms with van der Waals surface area (Å²) in [4.78, 5) is 0. The second-order valence-electron chi connectivity index (χ2n) is 8.22. The molecule has 0 aromatic heterocycles. The number of aryl methyl sites for hydroxylation is 2. The summed E-state index contributed by atoms with van der Waals surface area (Å²) in [5.41, 5.74) is 6.00. The van der Waals surface area contributed by atoms with E-state index in [1.54, 1.807) is 5.56 Å². The zero-order valence-electron chi connectivity index (χ0n) is 31.3. The van der Waals surface area contributed by atoms with Crippen LogP contribution >= 0.6 is 0 Å². The van der Waals surface area contributed by atoms with Crippen LogP contribution in [0.5, 0.6) is 0 Å². The predicted octanol–water partition coefficient (Wildman–Crippen LogP) is 17.3. The van der Waals surface area contributed by atoms with Crippen molar-refractivity contribution in [3.05, 3.63) is 96.5 Å². The van der Waals surface area contributed by atoms with Gasteiger partial charge >= 0.3 is 21.1 Å². The van der Waals surface area contributed by atoms with Crippen LogP contribution in [0.3, 0.4) is 0 Å². The molecule has 0 saturated heterocycles. The Balaban J connectivity index is -0.0000000855. The molecule has 2 rings (SSSR count). The van der Waals surface area contributed by atoms with Gasteiger partial charge < -0.3 is 25.7 Å². The van der Waals surface area contributed by atoms with E-state index in [0.29, 0.717) is 11.8 Å². The van der Waals surface area contributed by atoms with Gasteiger partial charge in [-0.3, -0.25) is 0 Å². The number of rotatable bonds is 14. The zero-order chi connectivity index (χ0) is 32.9. The van der Waals surface area contributed by atoms with E-state index in [1.165, 1.54) is 36.0 Å². The van der Waals surface area contributed by atoms with E-state index in [1.807, 2.05) is 83.1 Å². The van der Waals surface area contributed by atoms with Gasteiger partial charge in [-0.25, -0.2) is 12.8 Å². The van der Waals surface area contributed by atoms with E-state index < -0.39 is 0 Å². The maximum absolute atomic E-state index is 2.57. The summed E-state index contributed by atoms with van der Waals surface area (Å²) in [6, 6.07) is 18.0. The van der Waals surface area contributed by atoms with Gasteiger partial charge in [0.15, 0.2) is 0 Å². The van der Waals surface area contributed by atoms with Crippen LogP contribution < -0.4 is 0 Å². The molecule has 0 bridgehead atoms. The average molecular weight is 828 g/mol. The van der Waals surface area contributed by atoms with E-state index >= 15 is 0 Å². The Hall–Kier alpha value is -0.872. The van der Waals surface area contributed by atoms with Crippen LogP contribution in [-0.4, -0.2) is 0 Å². The van der Waals surface area contributed by atoms with E-state index in [0.717, 1.165) is 25.7 Å². The summed E-state index contributed by atoms with van der Waals surface area (Å²) < 4.78 is 0. The Morgan fingerprint density at radius 3 is 1.30 bits per heavy atom. The van der Waals surface area contributed by atoms with Crippen molar-refractivity contribution in [2.24, 2.45) is 0 Å². The van der Waals surface area contributed by atoms with Crippen LogP contribution in [0.15, 0.2) is 48.5 Å². The molecule has 0 radical (unpaired) electrons. The van der Waals surface area contributed by atoms with E-state index in [2.05, 4.69) is 102 Å². The Bertz CT molecular complexity index is 691. The van der Waals surface area contributed by atoms with Crippen LogP contribution in [0.25, 0.3) is 0 Å². The Kier molecular flexibility index (Phi) is 97.4. The van der Waals surface area contributed by atoms with Gasteiger partial charge in [0.05, 0.1) is 0 Å². The first kappa shape index (κ1) is 71.2. The molecular formula is C45H92Pt. The first-order chi connectivity index (χ1) is 20.2. The quantitative estimate of drug-likeness (QED) is 0.131. The molecule has 2 aromatic rings. The minimum Gasteiger partial charge on any atom is -0.334 e. The van der Waals surface area contributed by atoms with Crippen LogP contribution in [0, 0.1) is 32.6 Å². The molecule has 0 aliphatic carbocycles. The summed E-state index contributed by atoms with van der Waals surface area (Å²) in [5.74, 6) is 1.20. The van der Waals surface area contributed by atoms with Crippen molar-refractivity contribution in [2.45, 2.75) is 197 Å². The maximum Gasteiger partial charge on any atom is 4.00 e. The van der Waals surface area contributed by atoms with Crippen LogP contribution in [0.2, 0.25) is 0 Å². The molecule has 2 atom stereocenters. The maximum atomic E-state index is 2.57. The Morgan fingerprint density at radius 2 is 0.891 bits per heavy atom. The van der Waals surface area contributed by atoms with E-state index in [9.17, 15) is 0 Å². The first-order valence-electron chi connectivity index (χ1n) is 17.5. The van der Waals surface area contributed by atoms with E-state index in [-0.39, 0.29) is 50.8 Å². The van der Waals surface area contributed by atoms with Crippen molar-refractivity contribution < 1.29 is 21.1 Å². The number of hydrogen-bond donors (Lipinski definition) is 0. The van der Waals surface area contributed by atoms with Crippen molar-refractivity contribution in [3.63, 3.8) is 0 Å². The van der Waals surface area contributed by atoms with Crippen molar-refractivity contribution >= 4 is 0 Å². The van der Waals surface area contributed by atoms with Crippen LogP contribution in [0.4, 0.5) is 0 Å². The van der Waals surface area contributed by atoms with Crippen LogP contribution in [0.1, 0.15) is 206 Å². The minimum atomic E-state index is 0. The molecule has 0 aliphatic rings. The molecule has 0 amide bonds. The molecule has 2 unspecified atom stereocenters. The summed E-state index contributed by atoms with van der Waals surface area (Å²) in [6.45, 7) is 32.9. The Labute approximate surface area is 313 Å². The fourth-order valence-corrected chi connectivity index (χ4v) is 4.39. The minimum absolute atomic E-state index is 0. The SMILES string of the molecule is C.C.C.C.CC.CC.CC.CC.CC.CC.C[CH-]CC[CH-]CC(C[CH-]CC(C[CH-]C)c1ccccc1C)c1ccccc1CC.[Pt+4]. The monoisotopic (exact) mass is 828 g/mol. The number of benzene rings is 2. The second-order valence-corrected chi connectivity index (χ2v) is 8.22.